The van der Waals surface area contributed by atoms with E-state index in [-0.39, 0.29) is 31.3 Å². The molecule has 8 heteroatoms. The first-order valence-corrected chi connectivity index (χ1v) is 14.2. The molecule has 1 heterocycles. The highest BCUT2D eigenvalue weighted by atomic mass is 79.9. The number of rotatable bonds is 11. The fraction of sp³-hybridized carbons (Fsp3) is 0.212. The molecule has 1 amide bonds. The summed E-state index contributed by atoms with van der Waals surface area (Å²) in [5.41, 5.74) is 1.41. The van der Waals surface area contributed by atoms with Gasteiger partial charge in [0, 0.05) is 41.6 Å². The van der Waals surface area contributed by atoms with Crippen molar-refractivity contribution in [1.82, 2.24) is 5.32 Å². The van der Waals surface area contributed by atoms with Gasteiger partial charge < -0.3 is 19.9 Å². The van der Waals surface area contributed by atoms with E-state index in [4.69, 9.17) is 19.6 Å². The molecule has 0 radical (unpaired) electrons. The van der Waals surface area contributed by atoms with Crippen molar-refractivity contribution in [1.29, 1.82) is 0 Å². The Labute approximate surface area is 247 Å². The zero-order valence-electron chi connectivity index (χ0n) is 22.3. The molecule has 0 saturated heterocycles. The van der Waals surface area contributed by atoms with Crippen LogP contribution in [-0.4, -0.2) is 35.7 Å². The van der Waals surface area contributed by atoms with Crippen molar-refractivity contribution in [3.05, 3.63) is 136 Å². The molecule has 2 atom stereocenters. The monoisotopic (exact) mass is 616 g/mol. The molecule has 2 N–H and O–H groups in total. The minimum Gasteiger partial charge on any atom is -0.494 e. The van der Waals surface area contributed by atoms with Crippen molar-refractivity contribution >= 4 is 27.7 Å². The molecule has 0 unspecified atom stereocenters. The minimum atomic E-state index is -1.37. The molecule has 0 saturated carbocycles. The van der Waals surface area contributed by atoms with E-state index in [1.54, 1.807) is 18.2 Å². The highest BCUT2D eigenvalue weighted by Crippen LogP contribution is 2.43. The Morgan fingerprint density at radius 2 is 1.68 bits per heavy atom. The van der Waals surface area contributed by atoms with E-state index < -0.39 is 11.6 Å². The van der Waals surface area contributed by atoms with Crippen LogP contribution >= 0.6 is 15.9 Å². The maximum Gasteiger partial charge on any atom is 0.252 e. The van der Waals surface area contributed by atoms with Gasteiger partial charge in [0.05, 0.1) is 6.61 Å². The second-order valence-corrected chi connectivity index (χ2v) is 10.7. The number of nitrogens with one attached hydrogen (secondary N) is 1. The smallest absolute Gasteiger partial charge is 0.252 e. The molecule has 1 aliphatic rings. The van der Waals surface area contributed by atoms with Gasteiger partial charge in [0.1, 0.15) is 11.6 Å². The van der Waals surface area contributed by atoms with Crippen LogP contribution < -0.4 is 10.1 Å². The largest absolute Gasteiger partial charge is 0.494 e. The van der Waals surface area contributed by atoms with Gasteiger partial charge in [-0.1, -0.05) is 76.6 Å². The van der Waals surface area contributed by atoms with Gasteiger partial charge in [-0.15, -0.1) is 0 Å². The zero-order chi connectivity index (χ0) is 28.7. The summed E-state index contributed by atoms with van der Waals surface area (Å²) < 4.78 is 27.5. The topological polar surface area (TPSA) is 80.2 Å². The quantitative estimate of drug-likeness (QED) is 0.198. The van der Waals surface area contributed by atoms with E-state index in [0.29, 0.717) is 35.8 Å². The van der Waals surface area contributed by atoms with Crippen molar-refractivity contribution in [3.8, 4) is 5.75 Å². The Hall–Kier alpha value is -4.01. The molecule has 0 fully saturated rings. The van der Waals surface area contributed by atoms with Gasteiger partial charge >= 0.3 is 0 Å². The van der Waals surface area contributed by atoms with Crippen LogP contribution in [0.25, 0.3) is 0 Å². The van der Waals surface area contributed by atoms with Gasteiger partial charge in [-0.25, -0.2) is 9.38 Å². The molecular formula is C33H30BrFN2O4. The first-order chi connectivity index (χ1) is 20.0. The van der Waals surface area contributed by atoms with Crippen LogP contribution in [0.2, 0.25) is 0 Å². The first-order valence-electron chi connectivity index (χ1n) is 13.4. The first kappa shape index (κ1) is 28.5. The van der Waals surface area contributed by atoms with Gasteiger partial charge in [-0.3, -0.25) is 4.79 Å². The summed E-state index contributed by atoms with van der Waals surface area (Å²) in [4.78, 5) is 19.2. The number of ether oxygens (including phenoxy) is 2. The van der Waals surface area contributed by atoms with E-state index >= 15 is 0 Å². The average Bonchev–Trinajstić information content (AvgIpc) is 3.38. The van der Waals surface area contributed by atoms with E-state index in [1.165, 1.54) is 6.07 Å². The lowest BCUT2D eigenvalue weighted by Crippen LogP contribution is -2.49. The summed E-state index contributed by atoms with van der Waals surface area (Å²) in [6.45, 7) is 0.476. The molecule has 41 heavy (non-hydrogen) atoms. The number of nitrogens with zero attached hydrogens (tertiary/aromatic N) is 1. The predicted molar refractivity (Wildman–Crippen MR) is 159 cm³/mol. The Kier molecular flexibility index (Phi) is 9.11. The number of aliphatic hydroxyl groups excluding tert-OH is 1. The Balaban J connectivity index is 1.54. The normalized spacial score (nSPS) is 17.9. The number of carbonyl (C=O) groups excluding carboxylic acids is 1. The third kappa shape index (κ3) is 6.66. The highest BCUT2D eigenvalue weighted by molar-refractivity contribution is 9.10. The predicted octanol–water partition coefficient (Wildman–Crippen LogP) is 6.17. The number of halogens is 2. The van der Waals surface area contributed by atoms with E-state index in [1.807, 2.05) is 78.9 Å². The lowest BCUT2D eigenvalue weighted by atomic mass is 9.82. The summed E-state index contributed by atoms with van der Waals surface area (Å²) in [6, 6.07) is 31.0. The second-order valence-electron chi connectivity index (χ2n) is 9.78. The molecule has 0 spiro atoms. The SMILES string of the molecule is O=C(NCc1ccccc1F)[C@]1(Cc2ccccc2)N=C(c2ccc(OCCCO)cc2)O[C@@H]1c1ccc(Br)cc1. The number of hydrogen-bond donors (Lipinski definition) is 2. The van der Waals surface area contributed by atoms with Gasteiger partial charge in [-0.2, -0.15) is 0 Å². The van der Waals surface area contributed by atoms with Crippen LogP contribution in [-0.2, 0) is 22.5 Å². The van der Waals surface area contributed by atoms with Crippen LogP contribution in [0.1, 0.15) is 34.8 Å². The minimum absolute atomic E-state index is 0.0137. The summed E-state index contributed by atoms with van der Waals surface area (Å²) in [6.07, 6.45) is 0.0619. The van der Waals surface area contributed by atoms with Crippen LogP contribution in [0.5, 0.6) is 5.75 Å². The number of hydrogen-bond acceptors (Lipinski definition) is 5. The van der Waals surface area contributed by atoms with Crippen molar-refractivity contribution in [2.45, 2.75) is 31.0 Å². The molecule has 1 aliphatic heterocycles. The van der Waals surface area contributed by atoms with Crippen LogP contribution in [0.4, 0.5) is 4.39 Å². The van der Waals surface area contributed by atoms with Crippen molar-refractivity contribution in [2.75, 3.05) is 13.2 Å². The molecule has 6 nitrogen and oxygen atoms in total. The maximum atomic E-state index is 14.4. The van der Waals surface area contributed by atoms with E-state index in [0.717, 1.165) is 15.6 Å². The average molecular weight is 618 g/mol. The summed E-state index contributed by atoms with van der Waals surface area (Å²) in [5, 5.41) is 12.0. The summed E-state index contributed by atoms with van der Waals surface area (Å²) in [7, 11) is 0. The van der Waals surface area contributed by atoms with Crippen LogP contribution in [0.15, 0.2) is 113 Å². The Morgan fingerprint density at radius 3 is 2.39 bits per heavy atom. The van der Waals surface area contributed by atoms with Gasteiger partial charge in [-0.05, 0) is 53.6 Å². The molecule has 5 rings (SSSR count). The Morgan fingerprint density at radius 1 is 0.976 bits per heavy atom. The maximum absolute atomic E-state index is 14.4. The molecular weight excluding hydrogens is 587 g/mol. The van der Waals surface area contributed by atoms with Gasteiger partial charge in [0.2, 0.25) is 5.90 Å². The number of benzene rings is 4. The van der Waals surface area contributed by atoms with Gasteiger partial charge in [0.25, 0.3) is 5.91 Å². The van der Waals surface area contributed by atoms with Crippen molar-refractivity contribution in [2.24, 2.45) is 4.99 Å². The fourth-order valence-electron chi connectivity index (χ4n) is 4.80. The van der Waals surface area contributed by atoms with E-state index in [9.17, 15) is 9.18 Å². The van der Waals surface area contributed by atoms with Crippen LogP contribution in [0, 0.1) is 5.82 Å². The summed E-state index contributed by atoms with van der Waals surface area (Å²) >= 11 is 3.49. The molecule has 4 aromatic rings. The molecule has 0 aliphatic carbocycles. The van der Waals surface area contributed by atoms with Crippen molar-refractivity contribution in [3.63, 3.8) is 0 Å². The number of amides is 1. The number of aliphatic hydroxyl groups is 1. The number of aliphatic imine (C=N–C) groups is 1. The van der Waals surface area contributed by atoms with Crippen molar-refractivity contribution < 1.29 is 23.8 Å². The summed E-state index contributed by atoms with van der Waals surface area (Å²) in [5.74, 6) is 0.235. The second kappa shape index (κ2) is 13.1. The highest BCUT2D eigenvalue weighted by Gasteiger charge is 2.53. The van der Waals surface area contributed by atoms with Crippen LogP contribution in [0.3, 0.4) is 0 Å². The lowest BCUT2D eigenvalue weighted by Gasteiger charge is -2.31. The molecule has 0 aromatic heterocycles. The third-order valence-electron chi connectivity index (χ3n) is 6.92. The lowest BCUT2D eigenvalue weighted by molar-refractivity contribution is -0.129. The van der Waals surface area contributed by atoms with Gasteiger partial charge in [0.15, 0.2) is 11.6 Å². The Bertz CT molecular complexity index is 1500. The zero-order valence-corrected chi connectivity index (χ0v) is 23.9. The molecule has 4 aromatic carbocycles. The number of carbonyl (C=O) groups is 1. The molecule has 210 valence electrons. The molecule has 0 bridgehead atoms. The third-order valence-corrected chi connectivity index (χ3v) is 7.45. The standard InChI is InChI=1S/C33H30BrFN2O4/c34-27-15-11-24(12-16-27)30-33(21-23-7-2-1-3-8-23,32(39)36-22-26-9-4-5-10-29(26)35)37-31(41-30)25-13-17-28(18-14-25)40-20-6-19-38/h1-5,7-18,30,38H,6,19-22H2,(H,36,39)/t30-,33-/m1/s1. The van der Waals surface area contributed by atoms with E-state index in [2.05, 4.69) is 21.2 Å². The fourth-order valence-corrected chi connectivity index (χ4v) is 5.06.